The van der Waals surface area contributed by atoms with Gasteiger partial charge < -0.3 is 11.1 Å². The lowest BCUT2D eigenvalue weighted by molar-refractivity contribution is -0.137. The highest BCUT2D eigenvalue weighted by Gasteiger charge is 2.30. The fraction of sp³-hybridized carbons (Fsp3) is 0.143. The summed E-state index contributed by atoms with van der Waals surface area (Å²) in [5.41, 5.74) is 5.95. The van der Waals surface area contributed by atoms with Gasteiger partial charge in [0.05, 0.1) is 22.5 Å². The molecule has 4 nitrogen and oxygen atoms in total. The molecule has 1 heterocycles. The van der Waals surface area contributed by atoms with Crippen molar-refractivity contribution in [3.05, 3.63) is 53.3 Å². The van der Waals surface area contributed by atoms with Gasteiger partial charge in [0.15, 0.2) is 0 Å². The molecule has 2 aromatic rings. The quantitative estimate of drug-likeness (QED) is 0.893. The lowest BCUT2D eigenvalue weighted by atomic mass is 10.1. The van der Waals surface area contributed by atoms with Gasteiger partial charge in [0.2, 0.25) is 0 Å². The summed E-state index contributed by atoms with van der Waals surface area (Å²) in [5, 5.41) is 2.38. The summed E-state index contributed by atoms with van der Waals surface area (Å²) in [6.45, 7) is 1.68. The van der Waals surface area contributed by atoms with E-state index in [1.807, 2.05) is 0 Å². The van der Waals surface area contributed by atoms with Crippen LogP contribution >= 0.6 is 0 Å². The lowest BCUT2D eigenvalue weighted by Gasteiger charge is -2.10. The molecule has 1 amide bonds. The summed E-state index contributed by atoms with van der Waals surface area (Å²) >= 11 is 0. The number of nitrogens with zero attached hydrogens (tertiary/aromatic N) is 1. The van der Waals surface area contributed by atoms with E-state index in [4.69, 9.17) is 5.73 Å². The number of nitrogen functional groups attached to an aromatic ring is 1. The Balaban J connectivity index is 2.21. The molecule has 0 aliphatic heterocycles. The molecule has 1 aromatic heterocycles. The van der Waals surface area contributed by atoms with Crippen LogP contribution in [-0.4, -0.2) is 10.9 Å². The van der Waals surface area contributed by atoms with Gasteiger partial charge in [-0.25, -0.2) is 0 Å². The summed E-state index contributed by atoms with van der Waals surface area (Å²) in [6, 6.07) is 5.81. The predicted molar refractivity (Wildman–Crippen MR) is 72.8 cm³/mol. The van der Waals surface area contributed by atoms with Crippen molar-refractivity contribution in [3.63, 3.8) is 0 Å². The number of anilines is 2. The molecule has 0 bridgehead atoms. The normalized spacial score (nSPS) is 11.2. The number of carbonyl (C=O) groups is 1. The maximum Gasteiger partial charge on any atom is 0.416 e. The minimum Gasteiger partial charge on any atom is -0.397 e. The van der Waals surface area contributed by atoms with E-state index < -0.39 is 17.6 Å². The molecule has 0 aliphatic carbocycles. The zero-order valence-corrected chi connectivity index (χ0v) is 11.0. The number of alkyl halides is 3. The van der Waals surface area contributed by atoms with Crippen LogP contribution in [0.1, 0.15) is 21.6 Å². The standard InChI is InChI=1S/C14H12F3N3O/c1-8-12(18)5-9(7-19-8)13(21)20-11-4-2-3-10(6-11)14(15,16)17/h2-7H,18H2,1H3,(H,20,21). The van der Waals surface area contributed by atoms with Crippen LogP contribution in [0.15, 0.2) is 36.5 Å². The predicted octanol–water partition coefficient (Wildman–Crippen LogP) is 3.24. The summed E-state index contributed by atoms with van der Waals surface area (Å²) in [7, 11) is 0. The number of hydrogen-bond acceptors (Lipinski definition) is 3. The molecule has 7 heteroatoms. The molecular formula is C14H12F3N3O. The summed E-state index contributed by atoms with van der Waals surface area (Å²) in [5.74, 6) is -0.575. The Hall–Kier alpha value is -2.57. The van der Waals surface area contributed by atoms with E-state index in [9.17, 15) is 18.0 Å². The van der Waals surface area contributed by atoms with Gasteiger partial charge in [0.1, 0.15) is 0 Å². The highest BCUT2D eigenvalue weighted by atomic mass is 19.4. The molecule has 1 aromatic carbocycles. The number of benzene rings is 1. The van der Waals surface area contributed by atoms with Gasteiger partial charge in [0.25, 0.3) is 5.91 Å². The van der Waals surface area contributed by atoms with Gasteiger partial charge in [0, 0.05) is 11.9 Å². The van der Waals surface area contributed by atoms with Gasteiger partial charge >= 0.3 is 6.18 Å². The van der Waals surface area contributed by atoms with Crippen LogP contribution in [0.5, 0.6) is 0 Å². The Kier molecular flexibility index (Phi) is 3.84. The zero-order valence-electron chi connectivity index (χ0n) is 11.0. The summed E-state index contributed by atoms with van der Waals surface area (Å²) in [4.78, 5) is 15.9. The van der Waals surface area contributed by atoms with E-state index in [0.29, 0.717) is 11.4 Å². The Morgan fingerprint density at radius 3 is 2.62 bits per heavy atom. The van der Waals surface area contributed by atoms with Crippen molar-refractivity contribution in [2.75, 3.05) is 11.1 Å². The molecule has 0 radical (unpaired) electrons. The minimum absolute atomic E-state index is 0.0500. The number of hydrogen-bond donors (Lipinski definition) is 2. The summed E-state index contributed by atoms with van der Waals surface area (Å²) < 4.78 is 37.8. The number of aromatic nitrogens is 1. The number of carbonyl (C=O) groups excluding carboxylic acids is 1. The number of nitrogens with two attached hydrogens (primary N) is 1. The smallest absolute Gasteiger partial charge is 0.397 e. The first-order valence-corrected chi connectivity index (χ1v) is 5.98. The van der Waals surface area contributed by atoms with Gasteiger partial charge in [-0.3, -0.25) is 9.78 Å². The first-order chi connectivity index (χ1) is 9.77. The number of halogens is 3. The highest BCUT2D eigenvalue weighted by molar-refractivity contribution is 6.04. The maximum absolute atomic E-state index is 12.6. The Morgan fingerprint density at radius 2 is 2.00 bits per heavy atom. The van der Waals surface area contributed by atoms with Crippen molar-refractivity contribution in [1.29, 1.82) is 0 Å². The molecule has 110 valence electrons. The fourth-order valence-corrected chi connectivity index (χ4v) is 1.65. The van der Waals surface area contributed by atoms with Crippen LogP contribution in [0, 0.1) is 6.92 Å². The first kappa shape index (κ1) is 14.8. The SMILES string of the molecule is Cc1ncc(C(=O)Nc2cccc(C(F)(F)F)c2)cc1N. The van der Waals surface area contributed by atoms with Crippen LogP contribution in [0.25, 0.3) is 0 Å². The zero-order chi connectivity index (χ0) is 15.6. The molecule has 0 atom stereocenters. The maximum atomic E-state index is 12.6. The van der Waals surface area contributed by atoms with E-state index in [-0.39, 0.29) is 11.3 Å². The Morgan fingerprint density at radius 1 is 1.29 bits per heavy atom. The van der Waals surface area contributed by atoms with Crippen molar-refractivity contribution >= 4 is 17.3 Å². The van der Waals surface area contributed by atoms with E-state index in [1.54, 1.807) is 6.92 Å². The molecule has 0 unspecified atom stereocenters. The van der Waals surface area contributed by atoms with Crippen molar-refractivity contribution in [2.24, 2.45) is 0 Å². The fourth-order valence-electron chi connectivity index (χ4n) is 1.65. The molecule has 2 rings (SSSR count). The summed E-state index contributed by atoms with van der Waals surface area (Å²) in [6.07, 6.45) is -3.15. The second-order valence-corrected chi connectivity index (χ2v) is 4.43. The van der Waals surface area contributed by atoms with Crippen molar-refractivity contribution < 1.29 is 18.0 Å². The minimum atomic E-state index is -4.46. The number of amides is 1. The third-order valence-electron chi connectivity index (χ3n) is 2.84. The van der Waals surface area contributed by atoms with E-state index >= 15 is 0 Å². The topological polar surface area (TPSA) is 68.0 Å². The lowest BCUT2D eigenvalue weighted by Crippen LogP contribution is -2.14. The molecule has 0 saturated heterocycles. The Bertz CT molecular complexity index is 683. The van der Waals surface area contributed by atoms with Gasteiger partial charge in [-0.05, 0) is 31.2 Å². The molecule has 0 saturated carbocycles. The Labute approximate surface area is 118 Å². The largest absolute Gasteiger partial charge is 0.416 e. The van der Waals surface area contributed by atoms with Gasteiger partial charge in [-0.1, -0.05) is 6.07 Å². The van der Waals surface area contributed by atoms with Crippen LogP contribution in [0.4, 0.5) is 24.5 Å². The van der Waals surface area contributed by atoms with Crippen LogP contribution < -0.4 is 11.1 Å². The molecule has 0 fully saturated rings. The molecular weight excluding hydrogens is 283 g/mol. The van der Waals surface area contributed by atoms with Crippen LogP contribution in [0.2, 0.25) is 0 Å². The molecule has 0 spiro atoms. The molecule has 21 heavy (non-hydrogen) atoms. The number of pyridine rings is 1. The average molecular weight is 295 g/mol. The van der Waals surface area contributed by atoms with Gasteiger partial charge in [-0.2, -0.15) is 13.2 Å². The first-order valence-electron chi connectivity index (χ1n) is 5.98. The van der Waals surface area contributed by atoms with E-state index in [1.165, 1.54) is 24.4 Å². The monoisotopic (exact) mass is 295 g/mol. The van der Waals surface area contributed by atoms with Crippen LogP contribution in [0.3, 0.4) is 0 Å². The number of rotatable bonds is 2. The number of nitrogens with one attached hydrogen (secondary N) is 1. The van der Waals surface area contributed by atoms with Crippen molar-refractivity contribution in [3.8, 4) is 0 Å². The van der Waals surface area contributed by atoms with E-state index in [2.05, 4.69) is 10.3 Å². The molecule has 0 aliphatic rings. The van der Waals surface area contributed by atoms with E-state index in [0.717, 1.165) is 12.1 Å². The second-order valence-electron chi connectivity index (χ2n) is 4.43. The highest BCUT2D eigenvalue weighted by Crippen LogP contribution is 2.30. The van der Waals surface area contributed by atoms with Crippen molar-refractivity contribution in [1.82, 2.24) is 4.98 Å². The molecule has 3 N–H and O–H groups in total. The third kappa shape index (κ3) is 3.50. The van der Waals surface area contributed by atoms with Crippen molar-refractivity contribution in [2.45, 2.75) is 13.1 Å². The third-order valence-corrected chi connectivity index (χ3v) is 2.84. The number of aryl methyl sites for hydroxylation is 1. The average Bonchev–Trinajstić information content (AvgIpc) is 2.41. The van der Waals surface area contributed by atoms with Gasteiger partial charge in [-0.15, -0.1) is 0 Å². The van der Waals surface area contributed by atoms with Crippen LogP contribution in [-0.2, 0) is 6.18 Å². The second kappa shape index (κ2) is 5.43.